The summed E-state index contributed by atoms with van der Waals surface area (Å²) in [6.45, 7) is 1.93. The Kier molecular flexibility index (Phi) is 6.40. The molecular weight excluding hydrogens is 348 g/mol. The van der Waals surface area contributed by atoms with Crippen LogP contribution in [0.5, 0.6) is 0 Å². The first-order valence-electron chi connectivity index (χ1n) is 9.57. The van der Waals surface area contributed by atoms with Crippen LogP contribution in [-0.2, 0) is 10.3 Å². The first kappa shape index (κ1) is 20.0. The average Bonchev–Trinajstić information content (AvgIpc) is 2.76. The van der Waals surface area contributed by atoms with Gasteiger partial charge in [0.1, 0.15) is 11.7 Å². The number of aliphatic hydroxyl groups is 1. The number of ether oxygens (including phenoxy) is 1. The van der Waals surface area contributed by atoms with Crippen LogP contribution < -0.4 is 0 Å². The fourth-order valence-corrected chi connectivity index (χ4v) is 3.94. The monoisotopic (exact) mass is 374 g/mol. The number of rotatable bonds is 8. The number of carbonyl (C=O) groups excluding carboxylic acids is 1. The molecule has 0 aliphatic rings. The Hall–Kier alpha value is -2.75. The third kappa shape index (κ3) is 3.77. The third-order valence-electron chi connectivity index (χ3n) is 5.29. The summed E-state index contributed by atoms with van der Waals surface area (Å²) in [7, 11) is 1.57. The first-order chi connectivity index (χ1) is 13.6. The van der Waals surface area contributed by atoms with Crippen LogP contribution >= 0.6 is 0 Å². The van der Waals surface area contributed by atoms with E-state index in [9.17, 15) is 9.90 Å². The first-order valence-corrected chi connectivity index (χ1v) is 9.57. The van der Waals surface area contributed by atoms with Crippen molar-refractivity contribution in [1.82, 2.24) is 0 Å². The zero-order valence-electron chi connectivity index (χ0n) is 16.3. The molecule has 0 radical (unpaired) electrons. The highest BCUT2D eigenvalue weighted by Gasteiger charge is 2.49. The SMILES string of the molecule is CC[C@@H](C(=O)c1ccccc1)[C@@](O)(c1ccccc1)[C@@H](OC)c1ccccc1. The van der Waals surface area contributed by atoms with Crippen molar-refractivity contribution in [3.63, 3.8) is 0 Å². The van der Waals surface area contributed by atoms with Gasteiger partial charge in [-0.1, -0.05) is 97.9 Å². The summed E-state index contributed by atoms with van der Waals surface area (Å²) < 4.78 is 5.82. The van der Waals surface area contributed by atoms with Crippen molar-refractivity contribution in [3.05, 3.63) is 108 Å². The van der Waals surface area contributed by atoms with Crippen LogP contribution in [0.15, 0.2) is 91.0 Å². The smallest absolute Gasteiger partial charge is 0.169 e. The van der Waals surface area contributed by atoms with Gasteiger partial charge in [-0.15, -0.1) is 0 Å². The molecule has 1 N–H and O–H groups in total. The fourth-order valence-electron chi connectivity index (χ4n) is 3.94. The van der Waals surface area contributed by atoms with Gasteiger partial charge >= 0.3 is 0 Å². The highest BCUT2D eigenvalue weighted by Crippen LogP contribution is 2.45. The summed E-state index contributed by atoms with van der Waals surface area (Å²) >= 11 is 0. The van der Waals surface area contributed by atoms with Gasteiger partial charge in [0.15, 0.2) is 5.78 Å². The number of methoxy groups -OCH3 is 1. The summed E-state index contributed by atoms with van der Waals surface area (Å²) in [5.74, 6) is -0.755. The lowest BCUT2D eigenvalue weighted by Crippen LogP contribution is -2.45. The molecular formula is C25H26O3. The summed E-state index contributed by atoms with van der Waals surface area (Å²) in [4.78, 5) is 13.4. The van der Waals surface area contributed by atoms with E-state index in [4.69, 9.17) is 4.74 Å². The van der Waals surface area contributed by atoms with Gasteiger partial charge in [0.05, 0.1) is 5.92 Å². The number of hydrogen-bond donors (Lipinski definition) is 1. The van der Waals surface area contributed by atoms with E-state index < -0.39 is 17.6 Å². The van der Waals surface area contributed by atoms with Crippen molar-refractivity contribution in [2.75, 3.05) is 7.11 Å². The molecule has 28 heavy (non-hydrogen) atoms. The summed E-state index contributed by atoms with van der Waals surface area (Å²) in [5.41, 5.74) is 0.572. The standard InChI is InChI=1S/C25H26O3/c1-3-22(23(26)19-13-7-4-8-14-19)25(27,21-17-11-6-12-18-21)24(28-2)20-15-9-5-10-16-20/h4-18,22,24,27H,3H2,1-2H3/t22-,24-,25-/m0/s1. The van der Waals surface area contributed by atoms with Gasteiger partial charge in [-0.2, -0.15) is 0 Å². The lowest BCUT2D eigenvalue weighted by atomic mass is 9.71. The van der Waals surface area contributed by atoms with Crippen molar-refractivity contribution < 1.29 is 14.6 Å². The molecule has 3 rings (SSSR count). The molecule has 0 aliphatic carbocycles. The lowest BCUT2D eigenvalue weighted by Gasteiger charge is -2.41. The van der Waals surface area contributed by atoms with Crippen LogP contribution in [0.25, 0.3) is 0 Å². The van der Waals surface area contributed by atoms with E-state index >= 15 is 0 Å². The average molecular weight is 374 g/mol. The third-order valence-corrected chi connectivity index (χ3v) is 5.29. The normalized spacial score (nSPS) is 15.4. The molecule has 0 saturated heterocycles. The minimum Gasteiger partial charge on any atom is -0.381 e. The van der Waals surface area contributed by atoms with E-state index in [2.05, 4.69) is 0 Å². The van der Waals surface area contributed by atoms with Gasteiger partial charge in [-0.25, -0.2) is 0 Å². The number of hydrogen-bond acceptors (Lipinski definition) is 3. The topological polar surface area (TPSA) is 46.5 Å². The van der Waals surface area contributed by atoms with Crippen LogP contribution in [0.2, 0.25) is 0 Å². The molecule has 0 fully saturated rings. The molecule has 0 spiro atoms. The van der Waals surface area contributed by atoms with Crippen molar-refractivity contribution in [2.24, 2.45) is 5.92 Å². The van der Waals surface area contributed by atoms with E-state index in [-0.39, 0.29) is 5.78 Å². The van der Waals surface area contributed by atoms with E-state index in [0.717, 1.165) is 5.56 Å². The molecule has 3 heteroatoms. The Morgan fingerprint density at radius 1 is 0.893 bits per heavy atom. The Morgan fingerprint density at radius 3 is 1.89 bits per heavy atom. The maximum atomic E-state index is 13.4. The van der Waals surface area contributed by atoms with E-state index in [1.165, 1.54) is 0 Å². The lowest BCUT2D eigenvalue weighted by molar-refractivity contribution is -0.129. The van der Waals surface area contributed by atoms with Gasteiger partial charge in [-0.05, 0) is 17.5 Å². The van der Waals surface area contributed by atoms with Crippen LogP contribution in [-0.4, -0.2) is 18.0 Å². The Balaban J connectivity index is 2.16. The van der Waals surface area contributed by atoms with Gasteiger partial charge in [0.25, 0.3) is 0 Å². The maximum Gasteiger partial charge on any atom is 0.169 e. The van der Waals surface area contributed by atoms with E-state index in [0.29, 0.717) is 17.5 Å². The molecule has 144 valence electrons. The Labute approximate surface area is 166 Å². The second-order valence-corrected chi connectivity index (χ2v) is 6.91. The van der Waals surface area contributed by atoms with Crippen molar-refractivity contribution >= 4 is 5.78 Å². The van der Waals surface area contributed by atoms with Gasteiger partial charge in [0.2, 0.25) is 0 Å². The number of carbonyl (C=O) groups is 1. The quantitative estimate of drug-likeness (QED) is 0.553. The van der Waals surface area contributed by atoms with Crippen molar-refractivity contribution in [3.8, 4) is 0 Å². The second kappa shape index (κ2) is 8.96. The molecule has 3 aromatic rings. The molecule has 0 unspecified atom stereocenters. The van der Waals surface area contributed by atoms with E-state index in [1.54, 1.807) is 19.2 Å². The minimum absolute atomic E-state index is 0.0903. The number of ketones is 1. The van der Waals surface area contributed by atoms with E-state index in [1.807, 2.05) is 85.8 Å². The predicted molar refractivity (Wildman–Crippen MR) is 111 cm³/mol. The predicted octanol–water partition coefficient (Wildman–Crippen LogP) is 5.17. The zero-order valence-corrected chi connectivity index (χ0v) is 16.3. The molecule has 0 amide bonds. The van der Waals surface area contributed by atoms with Crippen LogP contribution in [0.3, 0.4) is 0 Å². The van der Waals surface area contributed by atoms with Gasteiger partial charge in [-0.3, -0.25) is 4.79 Å². The Morgan fingerprint density at radius 2 is 1.39 bits per heavy atom. The van der Waals surface area contributed by atoms with Crippen LogP contribution in [0, 0.1) is 5.92 Å². The molecule has 0 aliphatic heterocycles. The van der Waals surface area contributed by atoms with Crippen molar-refractivity contribution in [1.29, 1.82) is 0 Å². The highest BCUT2D eigenvalue weighted by molar-refractivity contribution is 5.98. The molecule has 3 nitrogen and oxygen atoms in total. The Bertz CT molecular complexity index is 877. The molecule has 3 atom stereocenters. The fraction of sp³-hybridized carbons (Fsp3) is 0.240. The van der Waals surface area contributed by atoms with Crippen molar-refractivity contribution in [2.45, 2.75) is 25.0 Å². The maximum absolute atomic E-state index is 13.4. The zero-order chi connectivity index (χ0) is 20.0. The van der Waals surface area contributed by atoms with Gasteiger partial charge in [0, 0.05) is 12.7 Å². The molecule has 0 bridgehead atoms. The molecule has 0 aromatic heterocycles. The summed E-state index contributed by atoms with van der Waals surface area (Å²) in [5, 5.41) is 12.1. The second-order valence-electron chi connectivity index (χ2n) is 6.91. The number of benzene rings is 3. The largest absolute Gasteiger partial charge is 0.381 e. The number of Topliss-reactive ketones (excluding diaryl/α,β-unsaturated/α-hetero) is 1. The molecule has 0 saturated carbocycles. The van der Waals surface area contributed by atoms with Crippen LogP contribution in [0.1, 0.15) is 40.9 Å². The minimum atomic E-state index is -1.51. The van der Waals surface area contributed by atoms with Gasteiger partial charge < -0.3 is 9.84 Å². The molecule has 0 heterocycles. The summed E-state index contributed by atoms with van der Waals surface area (Å²) in [6.07, 6.45) is -0.208. The highest BCUT2D eigenvalue weighted by atomic mass is 16.5. The summed E-state index contributed by atoms with van der Waals surface area (Å²) in [6, 6.07) is 28.1. The van der Waals surface area contributed by atoms with Crippen LogP contribution in [0.4, 0.5) is 0 Å². The molecule has 3 aromatic carbocycles.